The highest BCUT2D eigenvalue weighted by molar-refractivity contribution is 5.90. The zero-order chi connectivity index (χ0) is 20.6. The Morgan fingerprint density at radius 2 is 1.07 bits per heavy atom. The topological polar surface area (TPSA) is 20.2 Å². The standard InChI is InChI=1S/C27H25FO/c1-18-10-4-7-13-21(18)23-16-27(28,25-15-9-6-12-20(25)3)17-24(26(23)29)22-14-8-5-11-19(22)2/h4-17,26,29H,1-3H3. The van der Waals surface area contributed by atoms with Crippen molar-refractivity contribution in [3.05, 3.63) is 118 Å². The number of aryl methyl sites for hydroxylation is 3. The van der Waals surface area contributed by atoms with E-state index in [1.807, 2.05) is 93.6 Å². The highest BCUT2D eigenvalue weighted by atomic mass is 19.1. The van der Waals surface area contributed by atoms with Crippen LogP contribution in [0.5, 0.6) is 0 Å². The van der Waals surface area contributed by atoms with E-state index in [9.17, 15) is 5.11 Å². The monoisotopic (exact) mass is 384 g/mol. The summed E-state index contributed by atoms with van der Waals surface area (Å²) in [7, 11) is 0. The first-order valence-corrected chi connectivity index (χ1v) is 9.91. The molecule has 0 amide bonds. The smallest absolute Gasteiger partial charge is 0.174 e. The van der Waals surface area contributed by atoms with Crippen LogP contribution in [0.25, 0.3) is 11.1 Å². The van der Waals surface area contributed by atoms with Crippen molar-refractivity contribution in [1.29, 1.82) is 0 Å². The molecule has 0 spiro atoms. The summed E-state index contributed by atoms with van der Waals surface area (Å²) in [5.74, 6) is 0. The molecule has 1 aliphatic carbocycles. The number of hydrogen-bond donors (Lipinski definition) is 1. The van der Waals surface area contributed by atoms with Crippen molar-refractivity contribution >= 4 is 11.1 Å². The van der Waals surface area contributed by atoms with Crippen LogP contribution >= 0.6 is 0 Å². The molecule has 0 atom stereocenters. The molecule has 0 bridgehead atoms. The summed E-state index contributed by atoms with van der Waals surface area (Å²) in [4.78, 5) is 0. The number of aliphatic hydroxyl groups is 1. The predicted octanol–water partition coefficient (Wildman–Crippen LogP) is 6.32. The summed E-state index contributed by atoms with van der Waals surface area (Å²) in [5.41, 5.74) is 4.65. The lowest BCUT2D eigenvalue weighted by molar-refractivity contribution is 0.263. The number of allylic oxidation sites excluding steroid dienone is 2. The quantitative estimate of drug-likeness (QED) is 0.560. The van der Waals surface area contributed by atoms with Crippen LogP contribution in [0.3, 0.4) is 0 Å². The maximum atomic E-state index is 16.6. The molecular formula is C27H25FO. The van der Waals surface area contributed by atoms with Gasteiger partial charge in [-0.15, -0.1) is 0 Å². The number of alkyl halides is 1. The number of rotatable bonds is 3. The molecule has 0 saturated carbocycles. The van der Waals surface area contributed by atoms with Crippen LogP contribution in [0.1, 0.15) is 33.4 Å². The summed E-state index contributed by atoms with van der Waals surface area (Å²) < 4.78 is 16.6. The van der Waals surface area contributed by atoms with Gasteiger partial charge in [-0.1, -0.05) is 72.8 Å². The van der Waals surface area contributed by atoms with Gasteiger partial charge < -0.3 is 5.11 Å². The maximum Gasteiger partial charge on any atom is 0.174 e. The Balaban J connectivity index is 1.98. The van der Waals surface area contributed by atoms with Gasteiger partial charge in [-0.25, -0.2) is 4.39 Å². The molecular weight excluding hydrogens is 359 g/mol. The fourth-order valence-electron chi connectivity index (χ4n) is 4.22. The summed E-state index contributed by atoms with van der Waals surface area (Å²) >= 11 is 0. The van der Waals surface area contributed by atoms with Gasteiger partial charge in [0.2, 0.25) is 0 Å². The second-order valence-corrected chi connectivity index (χ2v) is 7.81. The lowest BCUT2D eigenvalue weighted by Crippen LogP contribution is -2.27. The van der Waals surface area contributed by atoms with Crippen LogP contribution < -0.4 is 0 Å². The van der Waals surface area contributed by atoms with Crippen molar-refractivity contribution in [3.8, 4) is 0 Å². The predicted molar refractivity (Wildman–Crippen MR) is 118 cm³/mol. The fraction of sp³-hybridized carbons (Fsp3) is 0.185. The summed E-state index contributed by atoms with van der Waals surface area (Å²) in [5, 5.41) is 11.3. The highest BCUT2D eigenvalue weighted by Crippen LogP contribution is 2.45. The normalized spacial score (nSPS) is 21.5. The number of hydrogen-bond acceptors (Lipinski definition) is 1. The molecule has 0 heterocycles. The third-order valence-electron chi connectivity index (χ3n) is 5.79. The molecule has 1 nitrogen and oxygen atoms in total. The van der Waals surface area contributed by atoms with Gasteiger partial charge in [-0.05, 0) is 77.5 Å². The molecule has 0 unspecified atom stereocenters. The van der Waals surface area contributed by atoms with E-state index in [1.54, 1.807) is 12.2 Å². The van der Waals surface area contributed by atoms with Crippen molar-refractivity contribution in [1.82, 2.24) is 0 Å². The lowest BCUT2D eigenvalue weighted by atomic mass is 9.76. The number of aliphatic hydroxyl groups excluding tert-OH is 1. The van der Waals surface area contributed by atoms with Crippen LogP contribution in [0.2, 0.25) is 0 Å². The molecule has 0 radical (unpaired) electrons. The van der Waals surface area contributed by atoms with Crippen LogP contribution in [0, 0.1) is 20.8 Å². The van der Waals surface area contributed by atoms with E-state index in [2.05, 4.69) is 0 Å². The van der Waals surface area contributed by atoms with Gasteiger partial charge in [0.1, 0.15) is 6.10 Å². The molecule has 29 heavy (non-hydrogen) atoms. The van der Waals surface area contributed by atoms with E-state index in [0.29, 0.717) is 16.7 Å². The van der Waals surface area contributed by atoms with Gasteiger partial charge in [0.25, 0.3) is 0 Å². The number of halogens is 1. The first kappa shape index (κ1) is 19.4. The van der Waals surface area contributed by atoms with Gasteiger partial charge in [-0.2, -0.15) is 0 Å². The SMILES string of the molecule is Cc1ccccc1C1=CC(F)(c2ccccc2C)C=C(c2ccccc2C)C1O. The van der Waals surface area contributed by atoms with E-state index in [4.69, 9.17) is 0 Å². The molecule has 2 heteroatoms. The molecule has 0 saturated heterocycles. The van der Waals surface area contributed by atoms with Gasteiger partial charge in [0, 0.05) is 0 Å². The Bertz CT molecular complexity index is 1060. The summed E-state index contributed by atoms with van der Waals surface area (Å²) in [6, 6.07) is 23.2. The molecule has 3 aromatic rings. The highest BCUT2D eigenvalue weighted by Gasteiger charge is 2.37. The minimum absolute atomic E-state index is 0.601. The summed E-state index contributed by atoms with van der Waals surface area (Å²) in [6.07, 6.45) is 2.28. The molecule has 1 aliphatic rings. The van der Waals surface area contributed by atoms with E-state index < -0.39 is 11.8 Å². The molecule has 0 aliphatic heterocycles. The van der Waals surface area contributed by atoms with Crippen LogP contribution in [0.15, 0.2) is 84.9 Å². The van der Waals surface area contributed by atoms with Crippen molar-refractivity contribution in [2.45, 2.75) is 32.5 Å². The second kappa shape index (κ2) is 7.46. The molecule has 1 N–H and O–H groups in total. The zero-order valence-corrected chi connectivity index (χ0v) is 17.0. The lowest BCUT2D eigenvalue weighted by Gasteiger charge is -2.32. The molecule has 0 fully saturated rings. The van der Waals surface area contributed by atoms with Gasteiger partial charge >= 0.3 is 0 Å². The Morgan fingerprint density at radius 3 is 1.52 bits per heavy atom. The van der Waals surface area contributed by atoms with E-state index >= 15 is 4.39 Å². The average molecular weight is 384 g/mol. The second-order valence-electron chi connectivity index (χ2n) is 7.81. The Morgan fingerprint density at radius 1 is 0.655 bits per heavy atom. The van der Waals surface area contributed by atoms with Crippen LogP contribution in [0.4, 0.5) is 4.39 Å². The third kappa shape index (κ3) is 3.45. The largest absolute Gasteiger partial charge is 0.384 e. The van der Waals surface area contributed by atoms with Crippen LogP contribution in [-0.2, 0) is 5.67 Å². The Hall–Kier alpha value is -2.97. The van der Waals surface area contributed by atoms with Gasteiger partial charge in [0.15, 0.2) is 5.67 Å². The molecule has 0 aromatic heterocycles. The minimum Gasteiger partial charge on any atom is -0.384 e. The van der Waals surface area contributed by atoms with Crippen molar-refractivity contribution in [3.63, 3.8) is 0 Å². The van der Waals surface area contributed by atoms with E-state index in [-0.39, 0.29) is 0 Å². The van der Waals surface area contributed by atoms with E-state index in [1.165, 1.54) is 0 Å². The van der Waals surface area contributed by atoms with Gasteiger partial charge in [0.05, 0.1) is 0 Å². The molecule has 146 valence electrons. The van der Waals surface area contributed by atoms with E-state index in [0.717, 1.165) is 27.8 Å². The minimum atomic E-state index is -1.81. The Kier molecular flexibility index (Phi) is 4.97. The molecule has 4 rings (SSSR count). The fourth-order valence-corrected chi connectivity index (χ4v) is 4.22. The summed E-state index contributed by atoms with van der Waals surface area (Å²) in [6.45, 7) is 5.90. The number of benzene rings is 3. The van der Waals surface area contributed by atoms with Gasteiger partial charge in [-0.3, -0.25) is 0 Å². The average Bonchev–Trinajstić information content (AvgIpc) is 2.71. The van der Waals surface area contributed by atoms with Crippen molar-refractivity contribution in [2.75, 3.05) is 0 Å². The maximum absolute atomic E-state index is 16.6. The van der Waals surface area contributed by atoms with Crippen LogP contribution in [-0.4, -0.2) is 11.2 Å². The third-order valence-corrected chi connectivity index (χ3v) is 5.79. The van der Waals surface area contributed by atoms with Crippen molar-refractivity contribution in [2.24, 2.45) is 0 Å². The first-order valence-electron chi connectivity index (χ1n) is 9.91. The first-order chi connectivity index (χ1) is 13.9. The molecule has 3 aromatic carbocycles. The Labute approximate surface area is 171 Å². The van der Waals surface area contributed by atoms with Crippen molar-refractivity contribution < 1.29 is 9.50 Å². The zero-order valence-electron chi connectivity index (χ0n) is 17.0.